The van der Waals surface area contributed by atoms with Crippen LogP contribution in [0.3, 0.4) is 0 Å². The normalized spacial score (nSPS) is 10.4. The number of benzene rings is 1. The van der Waals surface area contributed by atoms with E-state index in [1.54, 1.807) is 0 Å². The second kappa shape index (κ2) is 8.26. The third-order valence-electron chi connectivity index (χ3n) is 2.10. The van der Waals surface area contributed by atoms with Gasteiger partial charge in [0, 0.05) is 15.9 Å². The van der Waals surface area contributed by atoms with Crippen molar-refractivity contribution in [2.75, 3.05) is 18.1 Å². The Morgan fingerprint density at radius 3 is 2.94 bits per heavy atom. The summed E-state index contributed by atoms with van der Waals surface area (Å²) in [5.74, 6) is 3.22. The van der Waals surface area contributed by atoms with Gasteiger partial charge in [0.2, 0.25) is 0 Å². The summed E-state index contributed by atoms with van der Waals surface area (Å²) in [6, 6.07) is 5.78. The highest BCUT2D eigenvalue weighted by molar-refractivity contribution is 9.08. The molecule has 0 unspecified atom stereocenters. The van der Waals surface area contributed by atoms with Crippen LogP contribution in [0.25, 0.3) is 0 Å². The molecule has 0 spiro atoms. The lowest BCUT2D eigenvalue weighted by Crippen LogP contribution is -2.01. The average Bonchev–Trinajstić information content (AvgIpc) is 2.29. The number of halogens is 2. The summed E-state index contributed by atoms with van der Waals surface area (Å²) in [6.07, 6.45) is 1.08. The summed E-state index contributed by atoms with van der Waals surface area (Å²) < 4.78 is 5.73. The van der Waals surface area contributed by atoms with Crippen molar-refractivity contribution >= 4 is 39.3 Å². The first-order valence-electron chi connectivity index (χ1n) is 5.33. The van der Waals surface area contributed by atoms with Gasteiger partial charge in [-0.25, -0.2) is 0 Å². The van der Waals surface area contributed by atoms with Crippen molar-refractivity contribution in [3.63, 3.8) is 0 Å². The third kappa shape index (κ3) is 4.56. The smallest absolute Gasteiger partial charge is 0.124 e. The van der Waals surface area contributed by atoms with Gasteiger partial charge >= 0.3 is 0 Å². The average molecular weight is 324 g/mol. The number of hydrogen-bond donors (Lipinski definition) is 0. The van der Waals surface area contributed by atoms with Gasteiger partial charge in [0.05, 0.1) is 6.61 Å². The van der Waals surface area contributed by atoms with Crippen LogP contribution in [-0.4, -0.2) is 18.1 Å². The van der Waals surface area contributed by atoms with E-state index in [1.165, 1.54) is 5.75 Å². The molecule has 0 heterocycles. The second-order valence-electron chi connectivity index (χ2n) is 3.25. The largest absolute Gasteiger partial charge is 0.493 e. The summed E-state index contributed by atoms with van der Waals surface area (Å²) in [5.41, 5.74) is 1.03. The van der Waals surface area contributed by atoms with E-state index >= 15 is 0 Å². The Labute approximate surface area is 115 Å². The second-order valence-corrected chi connectivity index (χ2v) is 5.61. The minimum atomic E-state index is 0.728. The van der Waals surface area contributed by atoms with Crippen LogP contribution < -0.4 is 4.74 Å². The Kier molecular flexibility index (Phi) is 7.33. The molecule has 0 saturated carbocycles. The SMILES string of the molecule is CCSCCCOc1cccc(Cl)c1CBr. The Morgan fingerprint density at radius 2 is 2.25 bits per heavy atom. The maximum Gasteiger partial charge on any atom is 0.124 e. The zero-order chi connectivity index (χ0) is 11.8. The molecule has 0 amide bonds. The number of rotatable bonds is 7. The molecule has 0 aliphatic rings. The maximum absolute atomic E-state index is 6.08. The molecule has 0 N–H and O–H groups in total. The first-order valence-corrected chi connectivity index (χ1v) is 7.99. The van der Waals surface area contributed by atoms with Crippen LogP contribution in [0.5, 0.6) is 5.75 Å². The van der Waals surface area contributed by atoms with E-state index in [9.17, 15) is 0 Å². The number of hydrogen-bond acceptors (Lipinski definition) is 2. The predicted molar refractivity (Wildman–Crippen MR) is 77.2 cm³/mol. The summed E-state index contributed by atoms with van der Waals surface area (Å²) in [6.45, 7) is 2.93. The molecule has 0 atom stereocenters. The molecular formula is C12H16BrClOS. The van der Waals surface area contributed by atoms with Crippen LogP contribution >= 0.6 is 39.3 Å². The number of thioether (sulfide) groups is 1. The zero-order valence-corrected chi connectivity index (χ0v) is 12.5. The summed E-state index contributed by atoms with van der Waals surface area (Å²) in [5, 5.41) is 1.49. The van der Waals surface area contributed by atoms with Crippen LogP contribution in [0, 0.1) is 0 Å². The first-order chi connectivity index (χ1) is 7.79. The summed E-state index contributed by atoms with van der Waals surface area (Å²) >= 11 is 11.4. The summed E-state index contributed by atoms with van der Waals surface area (Å²) in [4.78, 5) is 0. The van der Waals surface area contributed by atoms with Crippen molar-refractivity contribution < 1.29 is 4.74 Å². The molecule has 0 aliphatic heterocycles. The predicted octanol–water partition coefficient (Wildman–Crippen LogP) is 4.76. The monoisotopic (exact) mass is 322 g/mol. The Morgan fingerprint density at radius 1 is 1.44 bits per heavy atom. The van der Waals surface area contributed by atoms with Gasteiger partial charge in [-0.2, -0.15) is 11.8 Å². The van der Waals surface area contributed by atoms with Gasteiger partial charge in [-0.05, 0) is 30.1 Å². The van der Waals surface area contributed by atoms with Crippen LogP contribution in [0.1, 0.15) is 18.9 Å². The van der Waals surface area contributed by atoms with Crippen molar-refractivity contribution in [2.45, 2.75) is 18.7 Å². The number of alkyl halides is 1. The molecule has 0 saturated heterocycles. The standard InChI is InChI=1S/C12H16BrClOS/c1-2-16-8-4-7-15-12-6-3-5-11(14)10(12)9-13/h3,5-6H,2,4,7-9H2,1H3. The van der Waals surface area contributed by atoms with Gasteiger partial charge in [-0.1, -0.05) is 40.5 Å². The third-order valence-corrected chi connectivity index (χ3v) is 4.00. The molecule has 0 radical (unpaired) electrons. The molecule has 0 fully saturated rings. The molecule has 1 aromatic carbocycles. The number of ether oxygens (including phenoxy) is 1. The molecule has 0 aliphatic carbocycles. The van der Waals surface area contributed by atoms with Crippen molar-refractivity contribution in [3.05, 3.63) is 28.8 Å². The Bertz CT molecular complexity index is 320. The molecule has 1 aromatic rings. The summed E-state index contributed by atoms with van der Waals surface area (Å²) in [7, 11) is 0. The van der Waals surface area contributed by atoms with E-state index in [0.29, 0.717) is 0 Å². The fourth-order valence-electron chi connectivity index (χ4n) is 1.29. The molecule has 4 heteroatoms. The van der Waals surface area contributed by atoms with Crippen LogP contribution in [0.4, 0.5) is 0 Å². The molecule has 90 valence electrons. The van der Waals surface area contributed by atoms with Crippen LogP contribution in [-0.2, 0) is 5.33 Å². The van der Waals surface area contributed by atoms with E-state index in [2.05, 4.69) is 22.9 Å². The van der Waals surface area contributed by atoms with Crippen molar-refractivity contribution in [1.29, 1.82) is 0 Å². The minimum absolute atomic E-state index is 0.728. The van der Waals surface area contributed by atoms with Gasteiger partial charge < -0.3 is 4.74 Å². The Hall–Kier alpha value is 0.140. The lowest BCUT2D eigenvalue weighted by molar-refractivity contribution is 0.316. The van der Waals surface area contributed by atoms with Gasteiger partial charge in [0.25, 0.3) is 0 Å². The molecule has 16 heavy (non-hydrogen) atoms. The molecule has 0 aromatic heterocycles. The molecule has 1 nitrogen and oxygen atoms in total. The Balaban J connectivity index is 2.44. The fourth-order valence-corrected chi connectivity index (χ4v) is 2.87. The quantitative estimate of drug-likeness (QED) is 0.528. The van der Waals surface area contributed by atoms with Crippen LogP contribution in [0.2, 0.25) is 5.02 Å². The van der Waals surface area contributed by atoms with Crippen molar-refractivity contribution in [3.8, 4) is 5.75 Å². The fraction of sp³-hybridized carbons (Fsp3) is 0.500. The maximum atomic E-state index is 6.08. The lowest BCUT2D eigenvalue weighted by atomic mass is 10.2. The van der Waals surface area contributed by atoms with Gasteiger partial charge in [0.1, 0.15) is 5.75 Å². The van der Waals surface area contributed by atoms with E-state index in [-0.39, 0.29) is 0 Å². The first kappa shape index (κ1) is 14.2. The van der Waals surface area contributed by atoms with E-state index in [1.807, 2.05) is 30.0 Å². The van der Waals surface area contributed by atoms with E-state index in [0.717, 1.165) is 40.4 Å². The zero-order valence-electron chi connectivity index (χ0n) is 9.34. The van der Waals surface area contributed by atoms with Gasteiger partial charge in [-0.15, -0.1) is 0 Å². The van der Waals surface area contributed by atoms with Gasteiger partial charge in [-0.3, -0.25) is 0 Å². The molecule has 0 bridgehead atoms. The highest BCUT2D eigenvalue weighted by Crippen LogP contribution is 2.28. The van der Waals surface area contributed by atoms with Crippen LogP contribution in [0.15, 0.2) is 18.2 Å². The van der Waals surface area contributed by atoms with Gasteiger partial charge in [0.15, 0.2) is 0 Å². The highest BCUT2D eigenvalue weighted by Gasteiger charge is 2.06. The molecule has 1 rings (SSSR count). The highest BCUT2D eigenvalue weighted by atomic mass is 79.9. The van der Waals surface area contributed by atoms with E-state index in [4.69, 9.17) is 16.3 Å². The lowest BCUT2D eigenvalue weighted by Gasteiger charge is -2.10. The minimum Gasteiger partial charge on any atom is -0.493 e. The van der Waals surface area contributed by atoms with Crippen molar-refractivity contribution in [1.82, 2.24) is 0 Å². The van der Waals surface area contributed by atoms with E-state index < -0.39 is 0 Å². The molecular weight excluding hydrogens is 308 g/mol. The van der Waals surface area contributed by atoms with Crippen molar-refractivity contribution in [2.24, 2.45) is 0 Å². The topological polar surface area (TPSA) is 9.23 Å².